The van der Waals surface area contributed by atoms with Gasteiger partial charge in [0.25, 0.3) is 0 Å². The van der Waals surface area contributed by atoms with Crippen LogP contribution in [-0.2, 0) is 0 Å². The number of hydrogen-bond acceptors (Lipinski definition) is 1. The molecule has 1 aromatic carbocycles. The van der Waals surface area contributed by atoms with Gasteiger partial charge >= 0.3 is 51.4 Å². The van der Waals surface area contributed by atoms with Crippen molar-refractivity contribution >= 4 is 0 Å². The molecule has 1 aromatic rings. The minimum Gasteiger partial charge on any atom is -1.00 e. The van der Waals surface area contributed by atoms with Crippen molar-refractivity contribution in [3.05, 3.63) is 42.3 Å². The van der Waals surface area contributed by atoms with Gasteiger partial charge in [-0.2, -0.15) is 24.1 Å². The second kappa shape index (κ2) is 29.3. The molecule has 86 valence electrons. The van der Waals surface area contributed by atoms with Gasteiger partial charge in [-0.1, -0.05) is 26.8 Å². The average Bonchev–Trinajstić information content (AvgIpc) is 2.25. The molecule has 0 bridgehead atoms. The van der Waals surface area contributed by atoms with E-state index < -0.39 is 0 Å². The van der Waals surface area contributed by atoms with Gasteiger partial charge < -0.3 is 14.5 Å². The van der Waals surface area contributed by atoms with Crippen molar-refractivity contribution in [2.75, 3.05) is 7.11 Å². The van der Waals surface area contributed by atoms with Crippen molar-refractivity contribution in [1.29, 1.82) is 0 Å². The van der Waals surface area contributed by atoms with E-state index in [4.69, 9.17) is 5.11 Å². The summed E-state index contributed by atoms with van der Waals surface area (Å²) in [5.41, 5.74) is 1.28. The van der Waals surface area contributed by atoms with E-state index in [0.717, 1.165) is 7.11 Å². The van der Waals surface area contributed by atoms with E-state index in [2.05, 4.69) is 18.6 Å². The normalized spacial score (nSPS) is 5.40. The van der Waals surface area contributed by atoms with Crippen LogP contribution in [0.4, 0.5) is 0 Å². The van der Waals surface area contributed by atoms with Crippen LogP contribution in [-0.4, -0.2) is 12.2 Å². The van der Waals surface area contributed by atoms with Gasteiger partial charge in [0.05, 0.1) is 0 Å². The molecule has 15 heavy (non-hydrogen) atoms. The Kier molecular flexibility index (Phi) is 57.8. The number of rotatable bonds is 1. The molecule has 0 amide bonds. The maximum absolute atomic E-state index is 7.00. The van der Waals surface area contributed by atoms with E-state index in [1.807, 2.05) is 39.0 Å². The third-order valence-corrected chi connectivity index (χ3v) is 1.13. The number of aliphatic hydroxyl groups excluding tert-OH is 1. The van der Waals surface area contributed by atoms with Crippen molar-refractivity contribution in [3.8, 4) is 0 Å². The molecule has 4 heteroatoms. The van der Waals surface area contributed by atoms with Crippen LogP contribution in [0.5, 0.6) is 0 Å². The molecule has 0 fully saturated rings. The first kappa shape index (κ1) is 29.6. The predicted molar refractivity (Wildman–Crippen MR) is 55.0 cm³/mol. The summed E-state index contributed by atoms with van der Waals surface area (Å²) in [7, 11) is 1.00. The summed E-state index contributed by atoms with van der Waals surface area (Å²) in [6, 6.07) is 10.3. The molecular formula is C11H19F2KO-2. The molecule has 0 aliphatic heterocycles. The fourth-order valence-corrected chi connectivity index (χ4v) is 0.645. The number of benzene rings is 1. The molecule has 0 spiro atoms. The summed E-state index contributed by atoms with van der Waals surface area (Å²) < 4.78 is 0. The van der Waals surface area contributed by atoms with E-state index in [-0.39, 0.29) is 60.8 Å². The molecule has 0 aliphatic carbocycles. The second-order valence-electron chi connectivity index (χ2n) is 1.70. The quantitative estimate of drug-likeness (QED) is 0.385. The van der Waals surface area contributed by atoms with Gasteiger partial charge in [-0.3, -0.25) is 0 Å². The Hall–Kier alpha value is 0.546. The molecule has 0 radical (unpaired) electrons. The summed E-state index contributed by atoms with van der Waals surface area (Å²) in [6.07, 6.45) is 2.08. The molecule has 1 nitrogen and oxygen atoms in total. The molecule has 0 saturated heterocycles. The molecule has 0 atom stereocenters. The SMILES string of the molecule is CC.CO.C[CH-]c1ccccc1.[F-].[F-].[K+]. The van der Waals surface area contributed by atoms with Gasteiger partial charge in [0, 0.05) is 7.11 Å². The topological polar surface area (TPSA) is 20.2 Å². The predicted octanol–water partition coefficient (Wildman–Crippen LogP) is -6.09. The van der Waals surface area contributed by atoms with Gasteiger partial charge in [-0.15, -0.1) is 12.1 Å². The third kappa shape index (κ3) is 20.6. The molecule has 1 N–H and O–H groups in total. The second-order valence-corrected chi connectivity index (χ2v) is 1.70. The maximum Gasteiger partial charge on any atom is 1.00 e. The van der Waals surface area contributed by atoms with E-state index in [1.165, 1.54) is 5.56 Å². The van der Waals surface area contributed by atoms with Crippen molar-refractivity contribution < 1.29 is 65.9 Å². The number of halogens is 2. The average molecular weight is 244 g/mol. The first-order chi connectivity index (χ1) is 5.93. The molecular weight excluding hydrogens is 225 g/mol. The van der Waals surface area contributed by atoms with Crippen LogP contribution in [0.1, 0.15) is 26.3 Å². The minimum absolute atomic E-state index is 0. The Morgan fingerprint density at radius 2 is 1.27 bits per heavy atom. The summed E-state index contributed by atoms with van der Waals surface area (Å²) in [6.45, 7) is 6.04. The van der Waals surface area contributed by atoms with E-state index >= 15 is 0 Å². The Morgan fingerprint density at radius 1 is 0.933 bits per heavy atom. The van der Waals surface area contributed by atoms with Gasteiger partial charge in [0.1, 0.15) is 0 Å². The zero-order chi connectivity index (χ0) is 9.82. The van der Waals surface area contributed by atoms with Crippen LogP contribution in [0.15, 0.2) is 30.3 Å². The van der Waals surface area contributed by atoms with Crippen LogP contribution in [0.2, 0.25) is 0 Å². The summed E-state index contributed by atoms with van der Waals surface area (Å²) >= 11 is 0. The Morgan fingerprint density at radius 3 is 1.47 bits per heavy atom. The monoisotopic (exact) mass is 244 g/mol. The summed E-state index contributed by atoms with van der Waals surface area (Å²) in [5, 5.41) is 7.00. The van der Waals surface area contributed by atoms with E-state index in [9.17, 15) is 0 Å². The van der Waals surface area contributed by atoms with Crippen molar-refractivity contribution in [2.24, 2.45) is 0 Å². The number of aliphatic hydroxyl groups is 1. The minimum atomic E-state index is 0. The molecule has 1 rings (SSSR count). The molecule has 0 heterocycles. The fourth-order valence-electron chi connectivity index (χ4n) is 0.645. The van der Waals surface area contributed by atoms with E-state index in [1.54, 1.807) is 0 Å². The Bertz CT molecular complexity index is 160. The van der Waals surface area contributed by atoms with Gasteiger partial charge in [0.15, 0.2) is 0 Å². The standard InChI is InChI=1S/C8H9.C2H6.CH4O.2FH.K/c1-2-8-6-4-3-5-7-8;2*1-2;;;/h2-7H,1H3;1-2H3;2H,1H3;2*1H;/q-1;;;;;+1/p-2. The van der Waals surface area contributed by atoms with E-state index in [0.29, 0.717) is 0 Å². The van der Waals surface area contributed by atoms with Crippen molar-refractivity contribution in [3.63, 3.8) is 0 Å². The van der Waals surface area contributed by atoms with Gasteiger partial charge in [-0.25, -0.2) is 0 Å². The van der Waals surface area contributed by atoms with Gasteiger partial charge in [0.2, 0.25) is 0 Å². The summed E-state index contributed by atoms with van der Waals surface area (Å²) in [4.78, 5) is 0. The fraction of sp³-hybridized carbons (Fsp3) is 0.364. The Balaban J connectivity index is -0.0000000432. The number of hydrogen-bond donors (Lipinski definition) is 1. The smallest absolute Gasteiger partial charge is 1.00 e. The van der Waals surface area contributed by atoms with Crippen molar-refractivity contribution in [1.82, 2.24) is 0 Å². The molecule has 0 aromatic heterocycles. The largest absolute Gasteiger partial charge is 1.00 e. The van der Waals surface area contributed by atoms with Gasteiger partial charge in [-0.05, 0) is 0 Å². The molecule has 0 unspecified atom stereocenters. The van der Waals surface area contributed by atoms with Crippen LogP contribution in [0.25, 0.3) is 0 Å². The zero-order valence-corrected chi connectivity index (χ0v) is 13.3. The Labute approximate surface area is 134 Å². The molecule has 0 aliphatic rings. The third-order valence-electron chi connectivity index (χ3n) is 1.13. The first-order valence-electron chi connectivity index (χ1n) is 4.22. The first-order valence-corrected chi connectivity index (χ1v) is 4.22. The van der Waals surface area contributed by atoms with Crippen molar-refractivity contribution in [2.45, 2.75) is 20.8 Å². The summed E-state index contributed by atoms with van der Waals surface area (Å²) in [5.74, 6) is 0. The maximum atomic E-state index is 7.00. The molecule has 0 saturated carbocycles. The van der Waals surface area contributed by atoms with Crippen LogP contribution in [0, 0.1) is 6.42 Å². The van der Waals surface area contributed by atoms with Crippen LogP contribution < -0.4 is 60.8 Å². The van der Waals surface area contributed by atoms with Crippen LogP contribution in [0.3, 0.4) is 0 Å². The van der Waals surface area contributed by atoms with Crippen LogP contribution >= 0.6 is 0 Å². The zero-order valence-electron chi connectivity index (χ0n) is 10.2.